The summed E-state index contributed by atoms with van der Waals surface area (Å²) in [5, 5.41) is 3.25. The van der Waals surface area contributed by atoms with Gasteiger partial charge < -0.3 is 5.32 Å². The minimum absolute atomic E-state index is 0.177. The Morgan fingerprint density at radius 3 is 2.83 bits per heavy atom. The molecule has 0 saturated carbocycles. The first-order chi connectivity index (χ1) is 8.70. The molecule has 1 heterocycles. The van der Waals surface area contributed by atoms with Crippen molar-refractivity contribution < 1.29 is 4.39 Å². The molecule has 1 aromatic carbocycles. The first kappa shape index (κ1) is 13.2. The van der Waals surface area contributed by atoms with Crippen LogP contribution in [-0.2, 0) is 6.42 Å². The lowest BCUT2D eigenvalue weighted by molar-refractivity contribution is 0.586. The minimum Gasteiger partial charge on any atom is -0.313 e. The molecule has 0 saturated heterocycles. The van der Waals surface area contributed by atoms with Crippen LogP contribution in [0.1, 0.15) is 17.2 Å². The number of likely N-dealkylation sites (N-methyl/N-ethyl adjacent to an activating group) is 1. The average molecular weight is 309 g/mol. The molecule has 1 N–H and O–H groups in total. The summed E-state index contributed by atoms with van der Waals surface area (Å²) in [7, 11) is 1.91. The molecule has 0 fully saturated rings. The van der Waals surface area contributed by atoms with E-state index in [1.807, 2.05) is 31.4 Å². The lowest BCUT2D eigenvalue weighted by Crippen LogP contribution is -2.19. The second kappa shape index (κ2) is 6.07. The summed E-state index contributed by atoms with van der Waals surface area (Å²) in [6.45, 7) is 0. The fraction of sp³-hybridized carbons (Fsp3) is 0.214. The number of hydrogen-bond acceptors (Lipinski definition) is 2. The van der Waals surface area contributed by atoms with Gasteiger partial charge in [0.2, 0.25) is 0 Å². The van der Waals surface area contributed by atoms with E-state index in [0.29, 0.717) is 4.47 Å². The van der Waals surface area contributed by atoms with Gasteiger partial charge in [-0.25, -0.2) is 4.39 Å². The van der Waals surface area contributed by atoms with Crippen molar-refractivity contribution in [2.24, 2.45) is 0 Å². The maximum Gasteiger partial charge on any atom is 0.137 e. The van der Waals surface area contributed by atoms with Crippen molar-refractivity contribution in [3.05, 3.63) is 64.1 Å². The van der Waals surface area contributed by atoms with Gasteiger partial charge in [0, 0.05) is 18.4 Å². The molecular formula is C14H14BrFN2. The van der Waals surface area contributed by atoms with E-state index in [9.17, 15) is 4.39 Å². The molecule has 4 heteroatoms. The SMILES string of the molecule is CNC(Cc1ccc(F)c(Br)c1)c1cccnc1. The van der Waals surface area contributed by atoms with Crippen LogP contribution in [-0.4, -0.2) is 12.0 Å². The topological polar surface area (TPSA) is 24.9 Å². The second-order valence-electron chi connectivity index (χ2n) is 4.08. The molecule has 94 valence electrons. The van der Waals surface area contributed by atoms with Crippen molar-refractivity contribution >= 4 is 15.9 Å². The Morgan fingerprint density at radius 1 is 1.39 bits per heavy atom. The fourth-order valence-electron chi connectivity index (χ4n) is 1.87. The van der Waals surface area contributed by atoms with Gasteiger partial charge in [0.05, 0.1) is 4.47 Å². The second-order valence-corrected chi connectivity index (χ2v) is 4.93. The van der Waals surface area contributed by atoms with Crippen molar-refractivity contribution in [3.8, 4) is 0 Å². The van der Waals surface area contributed by atoms with E-state index >= 15 is 0 Å². The number of halogens is 2. The van der Waals surface area contributed by atoms with Crippen LogP contribution < -0.4 is 5.32 Å². The van der Waals surface area contributed by atoms with Crippen molar-refractivity contribution in [1.82, 2.24) is 10.3 Å². The molecule has 18 heavy (non-hydrogen) atoms. The van der Waals surface area contributed by atoms with Gasteiger partial charge in [-0.1, -0.05) is 12.1 Å². The molecule has 1 atom stereocenters. The third-order valence-electron chi connectivity index (χ3n) is 2.86. The largest absolute Gasteiger partial charge is 0.313 e. The van der Waals surface area contributed by atoms with E-state index in [1.54, 1.807) is 12.3 Å². The Bertz CT molecular complexity index is 516. The van der Waals surface area contributed by atoms with Crippen LogP contribution in [0.15, 0.2) is 47.2 Å². The van der Waals surface area contributed by atoms with Crippen molar-refractivity contribution in [2.75, 3.05) is 7.05 Å². The zero-order chi connectivity index (χ0) is 13.0. The van der Waals surface area contributed by atoms with Crippen molar-refractivity contribution in [3.63, 3.8) is 0 Å². The third kappa shape index (κ3) is 3.15. The molecule has 0 bridgehead atoms. The van der Waals surface area contributed by atoms with Crippen LogP contribution in [0.2, 0.25) is 0 Å². The molecule has 0 spiro atoms. The zero-order valence-corrected chi connectivity index (χ0v) is 11.6. The van der Waals surface area contributed by atoms with E-state index in [4.69, 9.17) is 0 Å². The van der Waals surface area contributed by atoms with Crippen LogP contribution >= 0.6 is 15.9 Å². The van der Waals surface area contributed by atoms with Crippen molar-refractivity contribution in [1.29, 1.82) is 0 Å². The summed E-state index contributed by atoms with van der Waals surface area (Å²) in [6.07, 6.45) is 4.39. The molecule has 2 rings (SSSR count). The van der Waals surface area contributed by atoms with Gasteiger partial charge in [0.15, 0.2) is 0 Å². The van der Waals surface area contributed by atoms with Gasteiger partial charge in [0.1, 0.15) is 5.82 Å². The smallest absolute Gasteiger partial charge is 0.137 e. The molecule has 0 aliphatic heterocycles. The van der Waals surface area contributed by atoms with E-state index in [1.165, 1.54) is 6.07 Å². The van der Waals surface area contributed by atoms with E-state index in [-0.39, 0.29) is 11.9 Å². The predicted molar refractivity (Wildman–Crippen MR) is 73.8 cm³/mol. The summed E-state index contributed by atoms with van der Waals surface area (Å²) in [5.41, 5.74) is 2.20. The first-order valence-corrected chi connectivity index (χ1v) is 6.51. The van der Waals surface area contributed by atoms with E-state index in [2.05, 4.69) is 26.2 Å². The quantitative estimate of drug-likeness (QED) is 0.935. The van der Waals surface area contributed by atoms with Crippen LogP contribution in [0, 0.1) is 5.82 Å². The van der Waals surface area contributed by atoms with Crippen LogP contribution in [0.4, 0.5) is 4.39 Å². The number of nitrogens with zero attached hydrogens (tertiary/aromatic N) is 1. The molecule has 0 radical (unpaired) electrons. The van der Waals surface area contributed by atoms with Gasteiger partial charge >= 0.3 is 0 Å². The molecule has 0 aliphatic carbocycles. The lowest BCUT2D eigenvalue weighted by atomic mass is 10.0. The lowest BCUT2D eigenvalue weighted by Gasteiger charge is -2.16. The Kier molecular flexibility index (Phi) is 4.44. The summed E-state index contributed by atoms with van der Waals surface area (Å²) in [4.78, 5) is 4.12. The zero-order valence-electron chi connectivity index (χ0n) is 10.0. The maximum atomic E-state index is 13.2. The molecule has 2 aromatic rings. The number of pyridine rings is 1. The van der Waals surface area contributed by atoms with Crippen molar-refractivity contribution in [2.45, 2.75) is 12.5 Å². The molecule has 1 unspecified atom stereocenters. The van der Waals surface area contributed by atoms with Crippen LogP contribution in [0.25, 0.3) is 0 Å². The van der Waals surface area contributed by atoms with Crippen LogP contribution in [0.3, 0.4) is 0 Å². The molecule has 0 aliphatic rings. The van der Waals surface area contributed by atoms with E-state index < -0.39 is 0 Å². The first-order valence-electron chi connectivity index (χ1n) is 5.72. The van der Waals surface area contributed by atoms with Gasteiger partial charge in [-0.3, -0.25) is 4.98 Å². The van der Waals surface area contributed by atoms with Crippen LogP contribution in [0.5, 0.6) is 0 Å². The predicted octanol–water partition coefficient (Wildman–Crippen LogP) is 3.49. The highest BCUT2D eigenvalue weighted by Crippen LogP contribution is 2.21. The Balaban J connectivity index is 2.18. The Labute approximate surface area is 114 Å². The van der Waals surface area contributed by atoms with Gasteiger partial charge in [0.25, 0.3) is 0 Å². The standard InChI is InChI=1S/C14H14BrFN2/c1-17-14(11-3-2-6-18-9-11)8-10-4-5-13(16)12(15)7-10/h2-7,9,14,17H,8H2,1H3. The number of hydrogen-bond donors (Lipinski definition) is 1. The number of rotatable bonds is 4. The molecular weight excluding hydrogens is 295 g/mol. The average Bonchev–Trinajstić information content (AvgIpc) is 2.41. The minimum atomic E-state index is -0.235. The number of benzene rings is 1. The normalized spacial score (nSPS) is 12.4. The monoisotopic (exact) mass is 308 g/mol. The highest BCUT2D eigenvalue weighted by molar-refractivity contribution is 9.10. The maximum absolute atomic E-state index is 13.2. The Morgan fingerprint density at radius 2 is 2.22 bits per heavy atom. The Hall–Kier alpha value is -1.26. The third-order valence-corrected chi connectivity index (χ3v) is 3.47. The molecule has 1 aromatic heterocycles. The highest BCUT2D eigenvalue weighted by Gasteiger charge is 2.11. The van der Waals surface area contributed by atoms with Gasteiger partial charge in [-0.15, -0.1) is 0 Å². The summed E-state index contributed by atoms with van der Waals surface area (Å²) in [6, 6.07) is 9.23. The number of aromatic nitrogens is 1. The highest BCUT2D eigenvalue weighted by atomic mass is 79.9. The summed E-state index contributed by atoms with van der Waals surface area (Å²) >= 11 is 3.21. The van der Waals surface area contributed by atoms with Gasteiger partial charge in [-0.05, 0) is 58.7 Å². The summed E-state index contributed by atoms with van der Waals surface area (Å²) in [5.74, 6) is -0.235. The fourth-order valence-corrected chi connectivity index (χ4v) is 2.30. The molecule has 2 nitrogen and oxygen atoms in total. The number of nitrogens with one attached hydrogen (secondary N) is 1. The van der Waals surface area contributed by atoms with Gasteiger partial charge in [-0.2, -0.15) is 0 Å². The van der Waals surface area contributed by atoms with E-state index in [0.717, 1.165) is 17.5 Å². The molecule has 0 amide bonds. The summed E-state index contributed by atoms with van der Waals surface area (Å²) < 4.78 is 13.7.